The van der Waals surface area contributed by atoms with Crippen LogP contribution in [0.3, 0.4) is 0 Å². The number of amides is 1. The fourth-order valence-electron chi connectivity index (χ4n) is 2.18. The first-order valence-corrected chi connectivity index (χ1v) is 7.59. The van der Waals surface area contributed by atoms with Gasteiger partial charge < -0.3 is 10.1 Å². The largest absolute Gasteiger partial charge is 0.480 e. The fourth-order valence-corrected chi connectivity index (χ4v) is 2.40. The lowest BCUT2D eigenvalue weighted by atomic mass is 10.1. The van der Waals surface area contributed by atoms with Gasteiger partial charge >= 0.3 is 0 Å². The molecule has 1 heterocycles. The highest BCUT2D eigenvalue weighted by Gasteiger charge is 2.10. The van der Waals surface area contributed by atoms with Crippen molar-refractivity contribution in [1.29, 1.82) is 0 Å². The highest BCUT2D eigenvalue weighted by Crippen LogP contribution is 2.23. The minimum absolute atomic E-state index is 0.265. The van der Waals surface area contributed by atoms with Crippen molar-refractivity contribution in [2.75, 3.05) is 12.4 Å². The van der Waals surface area contributed by atoms with Crippen LogP contribution in [0.4, 0.5) is 5.69 Å². The molecular formula is C18H14ClN3O2. The number of ether oxygens (including phenoxy) is 1. The standard InChI is InChI=1S/C18H14ClN3O2/c1-24-17-10-9-16(21-22-17)12-5-4-6-13(11-12)20-18(23)14-7-2-3-8-15(14)19/h2-11H,1H3,(H,20,23). The van der Waals surface area contributed by atoms with E-state index in [-0.39, 0.29) is 5.91 Å². The molecule has 1 amide bonds. The van der Waals surface area contributed by atoms with Gasteiger partial charge in [0.05, 0.1) is 23.4 Å². The molecule has 0 saturated carbocycles. The van der Waals surface area contributed by atoms with Crippen molar-refractivity contribution in [3.05, 3.63) is 71.2 Å². The molecule has 1 aromatic heterocycles. The fraction of sp³-hybridized carbons (Fsp3) is 0.0556. The average Bonchev–Trinajstić information content (AvgIpc) is 2.62. The number of aromatic nitrogens is 2. The Bertz CT molecular complexity index is 866. The van der Waals surface area contributed by atoms with Gasteiger partial charge in [0.2, 0.25) is 5.88 Å². The Labute approximate surface area is 144 Å². The third kappa shape index (κ3) is 3.52. The second-order valence-electron chi connectivity index (χ2n) is 4.98. The van der Waals surface area contributed by atoms with Crippen LogP contribution in [-0.2, 0) is 0 Å². The first-order valence-electron chi connectivity index (χ1n) is 7.21. The quantitative estimate of drug-likeness (QED) is 0.778. The van der Waals surface area contributed by atoms with Gasteiger partial charge in [-0.15, -0.1) is 10.2 Å². The van der Waals surface area contributed by atoms with E-state index in [1.54, 1.807) is 42.5 Å². The van der Waals surface area contributed by atoms with Crippen molar-refractivity contribution in [3.8, 4) is 17.1 Å². The molecule has 24 heavy (non-hydrogen) atoms. The zero-order valence-electron chi connectivity index (χ0n) is 12.9. The molecule has 0 bridgehead atoms. The third-order valence-electron chi connectivity index (χ3n) is 3.38. The monoisotopic (exact) mass is 339 g/mol. The molecule has 0 fully saturated rings. The number of nitrogens with zero attached hydrogens (tertiary/aromatic N) is 2. The van der Waals surface area contributed by atoms with E-state index < -0.39 is 0 Å². The van der Waals surface area contributed by atoms with Gasteiger partial charge in [-0.1, -0.05) is 35.9 Å². The van der Waals surface area contributed by atoms with E-state index in [4.69, 9.17) is 16.3 Å². The van der Waals surface area contributed by atoms with Gasteiger partial charge in [-0.2, -0.15) is 0 Å². The molecule has 0 spiro atoms. The van der Waals surface area contributed by atoms with Crippen molar-refractivity contribution >= 4 is 23.2 Å². The summed E-state index contributed by atoms with van der Waals surface area (Å²) < 4.78 is 5.00. The maximum atomic E-state index is 12.3. The SMILES string of the molecule is COc1ccc(-c2cccc(NC(=O)c3ccccc3Cl)c2)nn1. The minimum Gasteiger partial charge on any atom is -0.480 e. The molecule has 0 aliphatic heterocycles. The third-order valence-corrected chi connectivity index (χ3v) is 3.71. The van der Waals surface area contributed by atoms with Crippen LogP contribution in [0.25, 0.3) is 11.3 Å². The van der Waals surface area contributed by atoms with Crippen LogP contribution in [0, 0.1) is 0 Å². The zero-order chi connectivity index (χ0) is 16.9. The van der Waals surface area contributed by atoms with Crippen molar-refractivity contribution in [2.24, 2.45) is 0 Å². The lowest BCUT2D eigenvalue weighted by Gasteiger charge is -2.08. The molecule has 0 aliphatic rings. The van der Waals surface area contributed by atoms with Gasteiger partial charge in [0.25, 0.3) is 5.91 Å². The van der Waals surface area contributed by atoms with E-state index in [9.17, 15) is 4.79 Å². The zero-order valence-corrected chi connectivity index (χ0v) is 13.6. The van der Waals surface area contributed by atoms with E-state index in [1.807, 2.05) is 18.2 Å². The van der Waals surface area contributed by atoms with Gasteiger partial charge in [0.1, 0.15) is 0 Å². The first-order chi connectivity index (χ1) is 11.7. The molecule has 0 atom stereocenters. The normalized spacial score (nSPS) is 10.2. The number of rotatable bonds is 4. The summed E-state index contributed by atoms with van der Waals surface area (Å²) in [5.41, 5.74) is 2.59. The molecule has 2 aromatic carbocycles. The highest BCUT2D eigenvalue weighted by atomic mass is 35.5. The molecule has 0 unspecified atom stereocenters. The van der Waals surface area contributed by atoms with Crippen LogP contribution in [0.15, 0.2) is 60.7 Å². The van der Waals surface area contributed by atoms with Gasteiger partial charge in [0.15, 0.2) is 0 Å². The van der Waals surface area contributed by atoms with Crippen LogP contribution in [0.2, 0.25) is 5.02 Å². The maximum Gasteiger partial charge on any atom is 0.257 e. The molecule has 1 N–H and O–H groups in total. The number of halogens is 1. The first kappa shape index (κ1) is 16.0. The van der Waals surface area contributed by atoms with E-state index in [2.05, 4.69) is 15.5 Å². The van der Waals surface area contributed by atoms with Crippen molar-refractivity contribution < 1.29 is 9.53 Å². The molecule has 3 aromatic rings. The molecule has 0 saturated heterocycles. The molecule has 120 valence electrons. The number of anilines is 1. The molecule has 3 rings (SSSR count). The number of carbonyl (C=O) groups is 1. The van der Waals surface area contributed by atoms with Gasteiger partial charge in [0, 0.05) is 17.3 Å². The molecule has 6 heteroatoms. The van der Waals surface area contributed by atoms with E-state index in [0.717, 1.165) is 5.56 Å². The van der Waals surface area contributed by atoms with Gasteiger partial charge in [-0.25, -0.2) is 0 Å². The summed E-state index contributed by atoms with van der Waals surface area (Å²) in [5, 5.41) is 11.3. The highest BCUT2D eigenvalue weighted by molar-refractivity contribution is 6.34. The summed E-state index contributed by atoms with van der Waals surface area (Å²) in [6, 6.07) is 17.8. The minimum atomic E-state index is -0.265. The van der Waals surface area contributed by atoms with Crippen LogP contribution in [-0.4, -0.2) is 23.2 Å². The smallest absolute Gasteiger partial charge is 0.257 e. The van der Waals surface area contributed by atoms with Gasteiger partial charge in [-0.3, -0.25) is 4.79 Å². The molecule has 0 aliphatic carbocycles. The van der Waals surface area contributed by atoms with Crippen molar-refractivity contribution in [3.63, 3.8) is 0 Å². The predicted octanol–water partition coefficient (Wildman–Crippen LogP) is 4.06. The average molecular weight is 340 g/mol. The maximum absolute atomic E-state index is 12.3. The number of hydrogen-bond acceptors (Lipinski definition) is 4. The summed E-state index contributed by atoms with van der Waals surface area (Å²) in [7, 11) is 1.54. The molecule has 5 nitrogen and oxygen atoms in total. The number of methoxy groups -OCH3 is 1. The van der Waals surface area contributed by atoms with E-state index in [1.165, 1.54) is 7.11 Å². The van der Waals surface area contributed by atoms with Crippen LogP contribution in [0.1, 0.15) is 10.4 Å². The summed E-state index contributed by atoms with van der Waals surface area (Å²) in [4.78, 5) is 12.3. The Morgan fingerprint density at radius 3 is 2.58 bits per heavy atom. The summed E-state index contributed by atoms with van der Waals surface area (Å²) >= 11 is 6.05. The Morgan fingerprint density at radius 1 is 1.04 bits per heavy atom. The van der Waals surface area contributed by atoms with Crippen LogP contribution >= 0.6 is 11.6 Å². The Balaban J connectivity index is 1.82. The van der Waals surface area contributed by atoms with E-state index >= 15 is 0 Å². The molecular weight excluding hydrogens is 326 g/mol. The summed E-state index contributed by atoms with van der Waals surface area (Å²) in [6.07, 6.45) is 0. The number of nitrogens with one attached hydrogen (secondary N) is 1. The summed E-state index contributed by atoms with van der Waals surface area (Å²) in [5.74, 6) is 0.181. The summed E-state index contributed by atoms with van der Waals surface area (Å²) in [6.45, 7) is 0. The van der Waals surface area contributed by atoms with Crippen LogP contribution < -0.4 is 10.1 Å². The predicted molar refractivity (Wildman–Crippen MR) is 93.4 cm³/mol. The number of benzene rings is 2. The van der Waals surface area contributed by atoms with Crippen molar-refractivity contribution in [1.82, 2.24) is 10.2 Å². The second-order valence-corrected chi connectivity index (χ2v) is 5.38. The second kappa shape index (κ2) is 7.10. The Hall–Kier alpha value is -2.92. The lowest BCUT2D eigenvalue weighted by molar-refractivity contribution is 0.102. The number of carbonyl (C=O) groups excluding carboxylic acids is 1. The molecule has 0 radical (unpaired) electrons. The van der Waals surface area contributed by atoms with Gasteiger partial charge in [-0.05, 0) is 30.3 Å². The van der Waals surface area contributed by atoms with Crippen LogP contribution in [0.5, 0.6) is 5.88 Å². The Morgan fingerprint density at radius 2 is 1.88 bits per heavy atom. The Kier molecular flexibility index (Phi) is 4.72. The van der Waals surface area contributed by atoms with E-state index in [0.29, 0.717) is 27.8 Å². The topological polar surface area (TPSA) is 64.1 Å². The lowest BCUT2D eigenvalue weighted by Crippen LogP contribution is -2.12. The van der Waals surface area contributed by atoms with Crippen molar-refractivity contribution in [2.45, 2.75) is 0 Å². The number of hydrogen-bond donors (Lipinski definition) is 1.